The maximum absolute atomic E-state index is 11.9. The lowest BCUT2D eigenvalue weighted by Gasteiger charge is -2.33. The average Bonchev–Trinajstić information content (AvgIpc) is 2.88. The number of carboxylic acid groups (broad SMARTS) is 1. The molecule has 0 atom stereocenters. The van der Waals surface area contributed by atoms with E-state index in [0.29, 0.717) is 13.1 Å². The number of aliphatic carboxylic acids is 1. The van der Waals surface area contributed by atoms with Gasteiger partial charge in [0, 0.05) is 11.4 Å². The molecule has 1 aromatic heterocycles. The third kappa shape index (κ3) is 4.61. The van der Waals surface area contributed by atoms with E-state index in [2.05, 4.69) is 5.32 Å². The average molecular weight is 298 g/mol. The summed E-state index contributed by atoms with van der Waals surface area (Å²) in [5.41, 5.74) is -1.04. The zero-order chi connectivity index (χ0) is 15.2. The Kier molecular flexibility index (Phi) is 6.16. The SMILES string of the molecule is CCN(CC(=O)NCCc1cccs1)C(C)(C)C(=O)O. The van der Waals surface area contributed by atoms with Crippen LogP contribution < -0.4 is 5.32 Å². The monoisotopic (exact) mass is 298 g/mol. The van der Waals surface area contributed by atoms with Crippen LogP contribution in [0.15, 0.2) is 17.5 Å². The standard InChI is InChI=1S/C14H22N2O3S/c1-4-16(14(2,3)13(18)19)10-12(17)15-8-7-11-6-5-9-20-11/h5-6,9H,4,7-8,10H2,1-3H3,(H,15,17)(H,18,19). The molecule has 0 unspecified atom stereocenters. The number of likely N-dealkylation sites (N-methyl/N-ethyl adjacent to an activating group) is 1. The Morgan fingerprint density at radius 2 is 2.15 bits per heavy atom. The van der Waals surface area contributed by atoms with Crippen molar-refractivity contribution in [2.75, 3.05) is 19.6 Å². The van der Waals surface area contributed by atoms with Crippen molar-refractivity contribution in [2.45, 2.75) is 32.7 Å². The van der Waals surface area contributed by atoms with E-state index in [1.807, 2.05) is 24.4 Å². The molecule has 0 spiro atoms. The van der Waals surface area contributed by atoms with Gasteiger partial charge in [0.25, 0.3) is 0 Å². The van der Waals surface area contributed by atoms with E-state index in [4.69, 9.17) is 0 Å². The van der Waals surface area contributed by atoms with Gasteiger partial charge in [0.1, 0.15) is 5.54 Å². The first-order valence-electron chi connectivity index (χ1n) is 6.65. The van der Waals surface area contributed by atoms with Gasteiger partial charge in [-0.15, -0.1) is 11.3 Å². The van der Waals surface area contributed by atoms with Gasteiger partial charge in [-0.05, 0) is 38.3 Å². The van der Waals surface area contributed by atoms with E-state index in [9.17, 15) is 14.7 Å². The van der Waals surface area contributed by atoms with Crippen LogP contribution in [0.25, 0.3) is 0 Å². The highest BCUT2D eigenvalue weighted by molar-refractivity contribution is 7.09. The lowest BCUT2D eigenvalue weighted by molar-refractivity contribution is -0.150. The van der Waals surface area contributed by atoms with Crippen LogP contribution in [-0.4, -0.2) is 47.1 Å². The summed E-state index contributed by atoms with van der Waals surface area (Å²) in [7, 11) is 0. The van der Waals surface area contributed by atoms with Crippen LogP contribution in [0.2, 0.25) is 0 Å². The summed E-state index contributed by atoms with van der Waals surface area (Å²) in [5.74, 6) is -1.07. The zero-order valence-corrected chi connectivity index (χ0v) is 13.0. The van der Waals surface area contributed by atoms with Crippen LogP contribution in [-0.2, 0) is 16.0 Å². The lowest BCUT2D eigenvalue weighted by Crippen LogP contribution is -2.53. The molecule has 1 aromatic rings. The molecule has 0 bridgehead atoms. The number of carboxylic acids is 1. The van der Waals surface area contributed by atoms with E-state index in [-0.39, 0.29) is 12.5 Å². The Morgan fingerprint density at radius 1 is 1.45 bits per heavy atom. The molecular weight excluding hydrogens is 276 g/mol. The Balaban J connectivity index is 2.41. The van der Waals surface area contributed by atoms with Gasteiger partial charge in [-0.2, -0.15) is 0 Å². The molecule has 0 fully saturated rings. The predicted molar refractivity (Wildman–Crippen MR) is 80.0 cm³/mol. The first kappa shape index (κ1) is 16.7. The molecule has 20 heavy (non-hydrogen) atoms. The van der Waals surface area contributed by atoms with Crippen molar-refractivity contribution >= 4 is 23.2 Å². The summed E-state index contributed by atoms with van der Waals surface area (Å²) < 4.78 is 0. The molecule has 1 rings (SSSR count). The number of rotatable bonds is 8. The van der Waals surface area contributed by atoms with Crippen LogP contribution in [0.1, 0.15) is 25.6 Å². The van der Waals surface area contributed by atoms with Crippen LogP contribution in [0, 0.1) is 0 Å². The van der Waals surface area contributed by atoms with Crippen molar-refractivity contribution in [1.29, 1.82) is 0 Å². The largest absolute Gasteiger partial charge is 0.480 e. The second-order valence-electron chi connectivity index (χ2n) is 5.06. The Hall–Kier alpha value is -1.40. The molecule has 0 saturated heterocycles. The molecule has 0 aliphatic heterocycles. The normalized spacial score (nSPS) is 11.6. The van der Waals surface area contributed by atoms with Gasteiger partial charge in [-0.25, -0.2) is 0 Å². The number of nitrogens with one attached hydrogen (secondary N) is 1. The maximum Gasteiger partial charge on any atom is 0.323 e. The van der Waals surface area contributed by atoms with Crippen LogP contribution >= 0.6 is 11.3 Å². The van der Waals surface area contributed by atoms with Crippen molar-refractivity contribution in [1.82, 2.24) is 10.2 Å². The highest BCUT2D eigenvalue weighted by Crippen LogP contribution is 2.13. The maximum atomic E-state index is 11.9. The molecule has 0 aromatic carbocycles. The highest BCUT2D eigenvalue weighted by Gasteiger charge is 2.34. The van der Waals surface area contributed by atoms with Crippen LogP contribution in [0.5, 0.6) is 0 Å². The second-order valence-corrected chi connectivity index (χ2v) is 6.09. The first-order valence-corrected chi connectivity index (χ1v) is 7.53. The van der Waals surface area contributed by atoms with Crippen molar-refractivity contribution in [2.24, 2.45) is 0 Å². The molecule has 6 heteroatoms. The van der Waals surface area contributed by atoms with Gasteiger partial charge in [0.15, 0.2) is 0 Å². The fourth-order valence-electron chi connectivity index (χ4n) is 1.85. The molecule has 0 radical (unpaired) electrons. The summed E-state index contributed by atoms with van der Waals surface area (Å²) in [6.07, 6.45) is 0.803. The van der Waals surface area contributed by atoms with Crippen LogP contribution in [0.3, 0.4) is 0 Å². The number of hydrogen-bond acceptors (Lipinski definition) is 4. The number of carbonyl (C=O) groups is 2. The summed E-state index contributed by atoms with van der Waals surface area (Å²) in [6, 6.07) is 4.01. The smallest absolute Gasteiger partial charge is 0.323 e. The van der Waals surface area contributed by atoms with Crippen molar-refractivity contribution in [3.8, 4) is 0 Å². The Labute approximate surface area is 123 Å². The Morgan fingerprint density at radius 3 is 2.65 bits per heavy atom. The van der Waals surface area contributed by atoms with E-state index in [1.54, 1.807) is 30.1 Å². The minimum Gasteiger partial charge on any atom is -0.480 e. The molecule has 0 saturated carbocycles. The van der Waals surface area contributed by atoms with Gasteiger partial charge in [-0.3, -0.25) is 14.5 Å². The Bertz CT molecular complexity index is 443. The first-order chi connectivity index (χ1) is 9.37. The van der Waals surface area contributed by atoms with E-state index in [1.165, 1.54) is 4.88 Å². The number of nitrogens with zero attached hydrogens (tertiary/aromatic N) is 1. The quantitative estimate of drug-likeness (QED) is 0.765. The fourth-order valence-corrected chi connectivity index (χ4v) is 2.56. The molecule has 1 amide bonds. The third-order valence-corrected chi connectivity index (χ3v) is 4.24. The molecular formula is C14H22N2O3S. The van der Waals surface area contributed by atoms with Crippen molar-refractivity contribution in [3.05, 3.63) is 22.4 Å². The van der Waals surface area contributed by atoms with Gasteiger partial charge in [-0.1, -0.05) is 13.0 Å². The second kappa shape index (κ2) is 7.40. The highest BCUT2D eigenvalue weighted by atomic mass is 32.1. The topological polar surface area (TPSA) is 69.6 Å². The van der Waals surface area contributed by atoms with E-state index < -0.39 is 11.5 Å². The predicted octanol–water partition coefficient (Wildman–Crippen LogP) is 1.59. The van der Waals surface area contributed by atoms with Gasteiger partial charge in [0.2, 0.25) is 5.91 Å². The summed E-state index contributed by atoms with van der Waals surface area (Å²) >= 11 is 1.66. The molecule has 5 nitrogen and oxygen atoms in total. The minimum absolute atomic E-state index is 0.0975. The minimum atomic E-state index is -1.04. The molecule has 112 valence electrons. The summed E-state index contributed by atoms with van der Waals surface area (Å²) in [6.45, 7) is 6.25. The molecule has 0 aliphatic rings. The van der Waals surface area contributed by atoms with Gasteiger partial charge >= 0.3 is 5.97 Å². The number of thiophene rings is 1. The van der Waals surface area contributed by atoms with Crippen molar-refractivity contribution < 1.29 is 14.7 Å². The van der Waals surface area contributed by atoms with E-state index >= 15 is 0 Å². The number of carbonyl (C=O) groups excluding carboxylic acids is 1. The fraction of sp³-hybridized carbons (Fsp3) is 0.571. The number of hydrogen-bond donors (Lipinski definition) is 2. The molecule has 0 aliphatic carbocycles. The van der Waals surface area contributed by atoms with Crippen molar-refractivity contribution in [3.63, 3.8) is 0 Å². The van der Waals surface area contributed by atoms with Gasteiger partial charge in [0.05, 0.1) is 6.54 Å². The van der Waals surface area contributed by atoms with E-state index in [0.717, 1.165) is 6.42 Å². The van der Waals surface area contributed by atoms with Gasteiger partial charge < -0.3 is 10.4 Å². The lowest BCUT2D eigenvalue weighted by atomic mass is 10.0. The summed E-state index contributed by atoms with van der Waals surface area (Å²) in [4.78, 5) is 25.9. The third-order valence-electron chi connectivity index (χ3n) is 3.30. The zero-order valence-electron chi connectivity index (χ0n) is 12.2. The molecule has 2 N–H and O–H groups in total. The molecule has 1 heterocycles. The summed E-state index contributed by atoms with van der Waals surface area (Å²) in [5, 5.41) is 14.0. The number of amides is 1. The van der Waals surface area contributed by atoms with Crippen LogP contribution in [0.4, 0.5) is 0 Å².